The van der Waals surface area contributed by atoms with Crippen molar-refractivity contribution >= 4 is 33.2 Å². The van der Waals surface area contributed by atoms with Crippen LogP contribution in [0.5, 0.6) is 11.5 Å². The molecule has 1 aliphatic heterocycles. The Morgan fingerprint density at radius 3 is 1.74 bits per heavy atom. The van der Waals surface area contributed by atoms with Gasteiger partial charge >= 0.3 is 0 Å². The summed E-state index contributed by atoms with van der Waals surface area (Å²) >= 11 is 0. The number of aromatic nitrogens is 2. The van der Waals surface area contributed by atoms with Gasteiger partial charge < -0.3 is 19.1 Å². The zero-order valence-corrected chi connectivity index (χ0v) is 49.2. The van der Waals surface area contributed by atoms with Crippen molar-refractivity contribution < 1.29 is 25.8 Å². The number of ether oxygens (including phenoxy) is 1. The Morgan fingerprint density at radius 2 is 1.13 bits per heavy atom. The number of allylic oxidation sites excluding steroid dienone is 1. The van der Waals surface area contributed by atoms with E-state index in [0.717, 1.165) is 50.3 Å². The van der Waals surface area contributed by atoms with Crippen molar-refractivity contribution in [3.05, 3.63) is 234 Å². The zero-order chi connectivity index (χ0) is 53.2. The number of hydrogen-bond acceptors (Lipinski definition) is 4. The van der Waals surface area contributed by atoms with E-state index in [9.17, 15) is 0 Å². The summed E-state index contributed by atoms with van der Waals surface area (Å²) in [4.78, 5) is 9.62. The van der Waals surface area contributed by atoms with Gasteiger partial charge in [-0.05, 0) is 104 Å². The van der Waals surface area contributed by atoms with E-state index in [1.807, 2.05) is 6.20 Å². The van der Waals surface area contributed by atoms with Crippen LogP contribution in [0.4, 0.5) is 11.4 Å². The summed E-state index contributed by atoms with van der Waals surface area (Å²) in [5.74, 6) is 2.64. The smallest absolute Gasteiger partial charge is 0.135 e. The molecule has 10 rings (SSSR count). The summed E-state index contributed by atoms with van der Waals surface area (Å²) < 4.78 is 9.42. The molecule has 0 aliphatic carbocycles. The predicted molar refractivity (Wildman–Crippen MR) is 315 cm³/mol. The van der Waals surface area contributed by atoms with Gasteiger partial charge in [-0.2, -0.15) is 6.07 Å². The van der Waals surface area contributed by atoms with Crippen LogP contribution in [-0.2, 0) is 37.3 Å². The molecule has 0 N–H and O–H groups in total. The van der Waals surface area contributed by atoms with Crippen LogP contribution >= 0.6 is 0 Å². The molecular weight excluding hydrogens is 1110 g/mol. The summed E-state index contributed by atoms with van der Waals surface area (Å²) in [6.07, 6.45) is 4.22. The third kappa shape index (κ3) is 10.3. The number of hydrogen-bond donors (Lipinski definition) is 0. The van der Waals surface area contributed by atoms with Crippen molar-refractivity contribution in [1.29, 1.82) is 0 Å². The second-order valence-electron chi connectivity index (χ2n) is 24.3. The van der Waals surface area contributed by atoms with Crippen LogP contribution in [0.2, 0.25) is 0 Å². The Kier molecular flexibility index (Phi) is 14.7. The normalized spacial score (nSPS) is 13.5. The average molecular weight is 1180 g/mol. The van der Waals surface area contributed by atoms with E-state index in [-0.39, 0.29) is 42.7 Å². The van der Waals surface area contributed by atoms with E-state index < -0.39 is 0 Å². The molecule has 0 amide bonds. The van der Waals surface area contributed by atoms with Gasteiger partial charge in [0.05, 0.1) is 0 Å². The molecule has 0 bridgehead atoms. The first-order valence-electron chi connectivity index (χ1n) is 26.8. The van der Waals surface area contributed by atoms with E-state index >= 15 is 0 Å². The molecule has 7 aromatic carbocycles. The minimum atomic E-state index is -0.225. The predicted octanol–water partition coefficient (Wildman–Crippen LogP) is 18.8. The molecule has 0 fully saturated rings. The number of rotatable bonds is 12. The molecule has 0 saturated heterocycles. The molecule has 6 heteroatoms. The van der Waals surface area contributed by atoms with E-state index in [4.69, 9.17) is 9.72 Å². The van der Waals surface area contributed by atoms with Gasteiger partial charge in [0.15, 0.2) is 0 Å². The maximum Gasteiger partial charge on any atom is 0.135 e. The molecule has 9 aromatic rings. The topological polar surface area (TPSA) is 33.5 Å². The van der Waals surface area contributed by atoms with Gasteiger partial charge in [0.25, 0.3) is 0 Å². The molecule has 0 radical (unpaired) electrons. The van der Waals surface area contributed by atoms with Crippen LogP contribution in [0.1, 0.15) is 148 Å². The molecule has 5 nitrogen and oxygen atoms in total. The Hall–Kier alpha value is -6.68. The SMILES string of the molecule is CC(C)c1cccc(C(C)C)c1-c1cc(Oc2[c-]c3c(cc2)c2cc(C(C)(C)c4ccccc4)ccc2n3-c2cc(C(C)(C)C)ccn2)[c-]c(N2[CH-]N(c3cccc(C(C)(C)c4ccccc4)c3)C=C2C(C)(C)C)c1.[Pt]. The number of anilines is 2. The van der Waals surface area contributed by atoms with Crippen LogP contribution in [0, 0.1) is 24.2 Å². The summed E-state index contributed by atoms with van der Waals surface area (Å²) in [7, 11) is 0. The van der Waals surface area contributed by atoms with Crippen molar-refractivity contribution in [1.82, 2.24) is 9.55 Å². The monoisotopic (exact) mass is 1180 g/mol. The second kappa shape index (κ2) is 20.7. The number of fused-ring (bicyclic) bond motifs is 3. The molecule has 2 aromatic heterocycles. The van der Waals surface area contributed by atoms with Crippen molar-refractivity contribution in [2.24, 2.45) is 5.41 Å². The molecule has 76 heavy (non-hydrogen) atoms. The quantitative estimate of drug-likeness (QED) is 0.114. The van der Waals surface area contributed by atoms with Gasteiger partial charge in [-0.3, -0.25) is 0 Å². The Balaban J connectivity index is 0.00000706. The third-order valence-electron chi connectivity index (χ3n) is 15.6. The first kappa shape index (κ1) is 54.1. The van der Waals surface area contributed by atoms with Gasteiger partial charge in [-0.1, -0.05) is 206 Å². The van der Waals surface area contributed by atoms with Crippen molar-refractivity contribution in [2.45, 2.75) is 125 Å². The Labute approximate surface area is 467 Å². The first-order chi connectivity index (χ1) is 35.6. The standard InChI is InChI=1S/C70H73N4O.Pt/c1-46(2)58-29-22-30-59(47(3)4)66(58)48-37-55(73-45-72(44-64(73)68(8,9)10)54-28-21-27-52(39-54)69(11,12)49-23-17-15-18-24-49)42-57(38-48)75-56-32-33-60-61-40-53(70(13,14)50-25-19-16-20-26-50)31-34-62(61)74(63(60)43-56)65-41-51(35-36-71-65)67(5,6)7;/h15-41,44-47H,1-14H3;/q-3;. The third-order valence-corrected chi connectivity index (χ3v) is 15.6. The van der Waals surface area contributed by atoms with Crippen molar-refractivity contribution in [2.75, 3.05) is 9.80 Å². The van der Waals surface area contributed by atoms with E-state index in [1.165, 1.54) is 44.5 Å². The van der Waals surface area contributed by atoms with Crippen molar-refractivity contribution in [3.8, 4) is 28.4 Å². The first-order valence-corrected chi connectivity index (χ1v) is 26.8. The van der Waals surface area contributed by atoms with Crippen LogP contribution in [0.15, 0.2) is 176 Å². The van der Waals surface area contributed by atoms with Crippen LogP contribution in [0.25, 0.3) is 38.8 Å². The average Bonchev–Trinajstić information content (AvgIpc) is 4.02. The maximum atomic E-state index is 7.16. The molecule has 0 saturated carbocycles. The Morgan fingerprint density at radius 1 is 0.526 bits per heavy atom. The van der Waals surface area contributed by atoms with Crippen LogP contribution in [0.3, 0.4) is 0 Å². The zero-order valence-electron chi connectivity index (χ0n) is 46.9. The van der Waals surface area contributed by atoms with E-state index in [2.05, 4.69) is 294 Å². The minimum absolute atomic E-state index is 0. The molecule has 392 valence electrons. The van der Waals surface area contributed by atoms with Crippen LogP contribution in [-0.4, -0.2) is 9.55 Å². The summed E-state index contributed by atoms with van der Waals surface area (Å²) in [5.41, 5.74) is 15.6. The van der Waals surface area contributed by atoms with E-state index in [0.29, 0.717) is 23.3 Å². The fraction of sp³-hybridized carbons (Fsp3) is 0.286. The second-order valence-corrected chi connectivity index (χ2v) is 24.3. The van der Waals surface area contributed by atoms with Gasteiger partial charge in [-0.25, -0.2) is 4.98 Å². The molecule has 3 heterocycles. The van der Waals surface area contributed by atoms with Gasteiger partial charge in [0.2, 0.25) is 0 Å². The maximum absolute atomic E-state index is 7.16. The number of benzene rings is 7. The summed E-state index contributed by atoms with van der Waals surface area (Å²) in [5, 5.41) is 2.23. The fourth-order valence-electron chi connectivity index (χ4n) is 10.9. The molecule has 1 aliphatic rings. The Bertz CT molecular complexity index is 3560. The van der Waals surface area contributed by atoms with Gasteiger partial charge in [-0.15, -0.1) is 53.6 Å². The van der Waals surface area contributed by atoms with Crippen LogP contribution < -0.4 is 14.5 Å². The van der Waals surface area contributed by atoms with E-state index in [1.54, 1.807) is 0 Å². The molecule has 0 unspecified atom stereocenters. The van der Waals surface area contributed by atoms with Gasteiger partial charge in [0, 0.05) is 71.9 Å². The minimum Gasteiger partial charge on any atom is -0.509 e. The van der Waals surface area contributed by atoms with Crippen molar-refractivity contribution in [3.63, 3.8) is 0 Å². The molecular formula is C70H73N4OPt-3. The number of pyridine rings is 1. The number of nitrogens with zero attached hydrogens (tertiary/aromatic N) is 4. The summed E-state index contributed by atoms with van der Waals surface area (Å²) in [6.45, 7) is 34.2. The largest absolute Gasteiger partial charge is 0.509 e. The molecule has 0 atom stereocenters. The fourth-order valence-corrected chi connectivity index (χ4v) is 10.9. The summed E-state index contributed by atoms with van der Waals surface area (Å²) in [6, 6.07) is 64.9. The molecule has 0 spiro atoms. The van der Waals surface area contributed by atoms with Gasteiger partial charge in [0.1, 0.15) is 5.82 Å².